The SMILES string of the molecule is [Ag].[Ag].[Ag].[Ag].[Ag].[Ag].[Au]. The van der Waals surface area contributed by atoms with E-state index in [0.717, 1.165) is 0 Å². The van der Waals surface area contributed by atoms with E-state index in [9.17, 15) is 0 Å². The fourth-order valence-corrected chi connectivity index (χ4v) is 0. The molecule has 77 valence electrons. The van der Waals surface area contributed by atoms with Gasteiger partial charge in [0.15, 0.2) is 0 Å². The molecule has 0 spiro atoms. The van der Waals surface area contributed by atoms with Crippen LogP contribution in [0.2, 0.25) is 0 Å². The Labute approximate surface area is 153 Å². The van der Waals surface area contributed by atoms with Crippen molar-refractivity contribution in [1.82, 2.24) is 0 Å². The standard InChI is InChI=1S/6Ag.Au. The quantitative estimate of drug-likeness (QED) is 0.302. The van der Waals surface area contributed by atoms with Gasteiger partial charge in [-0.2, -0.15) is 0 Å². The summed E-state index contributed by atoms with van der Waals surface area (Å²) in [4.78, 5) is 0. The molecule has 0 saturated heterocycles. The van der Waals surface area contributed by atoms with E-state index < -0.39 is 0 Å². The summed E-state index contributed by atoms with van der Waals surface area (Å²) in [7, 11) is 0. The Hall–Kier alpha value is 5.18. The third kappa shape index (κ3) is 35.1. The molecule has 0 fully saturated rings. The first kappa shape index (κ1) is 56.7. The van der Waals surface area contributed by atoms with Crippen molar-refractivity contribution in [3.8, 4) is 0 Å². The van der Waals surface area contributed by atoms with Crippen molar-refractivity contribution in [2.45, 2.75) is 0 Å². The number of hydrogen-bond donors (Lipinski definition) is 0. The molecule has 0 unspecified atom stereocenters. The molecule has 0 N–H and O–H groups in total. The van der Waals surface area contributed by atoms with E-state index >= 15 is 0 Å². The van der Waals surface area contributed by atoms with Crippen molar-refractivity contribution in [2.24, 2.45) is 0 Å². The molecule has 0 heterocycles. The van der Waals surface area contributed by atoms with Gasteiger partial charge < -0.3 is 0 Å². The maximum Gasteiger partial charge on any atom is 0 e. The first-order chi connectivity index (χ1) is 0. The van der Waals surface area contributed by atoms with E-state index in [1.165, 1.54) is 0 Å². The molecule has 0 aromatic carbocycles. The Balaban J connectivity index is 0. The normalized spacial score (nSPS) is 0. The zero-order valence-electron chi connectivity index (χ0n) is 2.11. The van der Waals surface area contributed by atoms with Gasteiger partial charge in [-0.15, -0.1) is 0 Å². The fourth-order valence-electron chi connectivity index (χ4n) is 0. The molecular formula is Ag6Au. The summed E-state index contributed by atoms with van der Waals surface area (Å²) in [5.41, 5.74) is 0. The van der Waals surface area contributed by atoms with Crippen LogP contribution in [0.4, 0.5) is 0 Å². The average Bonchev–Trinajstić information content (AvgIpc) is 0. The van der Waals surface area contributed by atoms with Crippen LogP contribution in [0.3, 0.4) is 0 Å². The van der Waals surface area contributed by atoms with Gasteiger partial charge in [0.2, 0.25) is 0 Å². The van der Waals surface area contributed by atoms with Gasteiger partial charge in [-0.25, -0.2) is 0 Å². The minimum absolute atomic E-state index is 0. The van der Waals surface area contributed by atoms with Crippen molar-refractivity contribution in [3.63, 3.8) is 0 Å². The van der Waals surface area contributed by atoms with E-state index in [2.05, 4.69) is 0 Å². The summed E-state index contributed by atoms with van der Waals surface area (Å²) in [6.07, 6.45) is 0. The molecule has 0 rings (SSSR count). The van der Waals surface area contributed by atoms with Gasteiger partial charge in [0.25, 0.3) is 0 Å². The molecule has 0 nitrogen and oxygen atoms in total. The van der Waals surface area contributed by atoms with Gasteiger partial charge in [-0.3, -0.25) is 0 Å². The smallest absolute Gasteiger partial charge is 0 e. The van der Waals surface area contributed by atoms with E-state index in [0.29, 0.717) is 0 Å². The number of rotatable bonds is 0. The molecule has 0 bridgehead atoms. The first-order valence-electron chi connectivity index (χ1n) is 0. The minimum atomic E-state index is 0. The summed E-state index contributed by atoms with van der Waals surface area (Å²) in [5, 5.41) is 0. The summed E-state index contributed by atoms with van der Waals surface area (Å²) in [5.74, 6) is 0. The first-order valence-corrected chi connectivity index (χ1v) is 0. The molecule has 0 saturated carbocycles. The summed E-state index contributed by atoms with van der Waals surface area (Å²) >= 11 is 0. The van der Waals surface area contributed by atoms with Crippen molar-refractivity contribution in [2.75, 3.05) is 0 Å². The number of hydrogen-bond acceptors (Lipinski definition) is 0. The molecule has 0 aromatic heterocycles. The van der Waals surface area contributed by atoms with Gasteiger partial charge in [0.05, 0.1) is 0 Å². The topological polar surface area (TPSA) is 0 Å². The van der Waals surface area contributed by atoms with Crippen LogP contribution in [0.5, 0.6) is 0 Å². The summed E-state index contributed by atoms with van der Waals surface area (Å²) < 4.78 is 0. The van der Waals surface area contributed by atoms with Gasteiger partial charge in [0, 0.05) is 157 Å². The van der Waals surface area contributed by atoms with Crippen LogP contribution in [-0.4, -0.2) is 0 Å². The van der Waals surface area contributed by atoms with E-state index in [1.807, 2.05) is 0 Å². The molecule has 0 amide bonds. The Morgan fingerprint density at radius 1 is 0.286 bits per heavy atom. The van der Waals surface area contributed by atoms with Crippen LogP contribution < -0.4 is 0 Å². The van der Waals surface area contributed by atoms with Gasteiger partial charge in [-0.1, -0.05) is 0 Å². The maximum absolute atomic E-state index is 0. The predicted octanol–water partition coefficient (Wildman–Crippen LogP) is -0.0175. The Kier molecular flexibility index (Phi) is 350. The Morgan fingerprint density at radius 2 is 0.286 bits per heavy atom. The molecule has 0 aliphatic carbocycles. The third-order valence-corrected chi connectivity index (χ3v) is 0. The molecule has 7 radical (unpaired) electrons. The molecule has 7 heavy (non-hydrogen) atoms. The monoisotopic (exact) mass is 838 g/mol. The van der Waals surface area contributed by atoms with Crippen LogP contribution in [0.1, 0.15) is 0 Å². The molecule has 0 aliphatic heterocycles. The van der Waals surface area contributed by atoms with Crippen molar-refractivity contribution < 1.29 is 157 Å². The average molecular weight is 844 g/mol. The Bertz CT molecular complexity index is 4.14. The zero-order valence-corrected chi connectivity index (χ0v) is 13.2. The van der Waals surface area contributed by atoms with Crippen molar-refractivity contribution >= 4 is 0 Å². The largest absolute Gasteiger partial charge is 0 e. The van der Waals surface area contributed by atoms with Crippen LogP contribution in [0.25, 0.3) is 0 Å². The summed E-state index contributed by atoms with van der Waals surface area (Å²) in [6.45, 7) is 0. The maximum atomic E-state index is 0. The molecular weight excluding hydrogens is 844 g/mol. The second-order valence-corrected chi connectivity index (χ2v) is 0. The minimum Gasteiger partial charge on any atom is 0 e. The van der Waals surface area contributed by atoms with Crippen LogP contribution in [-0.2, 0) is 157 Å². The fraction of sp³-hybridized carbons (Fsp3) is 0. The predicted molar refractivity (Wildman–Crippen MR) is 0 cm³/mol. The van der Waals surface area contributed by atoms with Crippen LogP contribution in [0.15, 0.2) is 0 Å². The molecule has 0 aliphatic rings. The van der Waals surface area contributed by atoms with Gasteiger partial charge >= 0.3 is 0 Å². The second-order valence-electron chi connectivity index (χ2n) is 0. The van der Waals surface area contributed by atoms with Gasteiger partial charge in [-0.05, 0) is 0 Å². The van der Waals surface area contributed by atoms with E-state index in [4.69, 9.17) is 0 Å². The Morgan fingerprint density at radius 3 is 0.286 bits per heavy atom. The second kappa shape index (κ2) is 43.2. The van der Waals surface area contributed by atoms with E-state index in [-0.39, 0.29) is 157 Å². The van der Waals surface area contributed by atoms with Gasteiger partial charge in [0.1, 0.15) is 0 Å². The zero-order chi connectivity index (χ0) is 0. The van der Waals surface area contributed by atoms with E-state index in [1.54, 1.807) is 0 Å². The van der Waals surface area contributed by atoms with Crippen molar-refractivity contribution in [1.29, 1.82) is 0 Å². The van der Waals surface area contributed by atoms with Crippen LogP contribution >= 0.6 is 0 Å². The third-order valence-electron chi connectivity index (χ3n) is 0. The molecule has 0 atom stereocenters. The molecule has 7 heteroatoms. The summed E-state index contributed by atoms with van der Waals surface area (Å²) in [6, 6.07) is 0. The van der Waals surface area contributed by atoms with Crippen molar-refractivity contribution in [3.05, 3.63) is 0 Å². The van der Waals surface area contributed by atoms with Crippen LogP contribution in [0, 0.1) is 0 Å². The molecule has 0 aromatic rings.